The van der Waals surface area contributed by atoms with Crippen LogP contribution >= 0.6 is 0 Å². The maximum Gasteiger partial charge on any atom is 0.222 e. The highest BCUT2D eigenvalue weighted by molar-refractivity contribution is 5.78. The van der Waals surface area contributed by atoms with Crippen molar-refractivity contribution >= 4 is 5.91 Å². The van der Waals surface area contributed by atoms with Crippen molar-refractivity contribution in [1.29, 1.82) is 0 Å². The Labute approximate surface area is 83.8 Å². The zero-order valence-corrected chi connectivity index (χ0v) is 8.37. The van der Waals surface area contributed by atoms with E-state index in [4.69, 9.17) is 4.74 Å². The van der Waals surface area contributed by atoms with Crippen molar-refractivity contribution in [3.8, 4) is 0 Å². The molecule has 0 aromatic rings. The Morgan fingerprint density at radius 3 is 2.71 bits per heavy atom. The number of hydrogen-bond donors (Lipinski definition) is 1. The summed E-state index contributed by atoms with van der Waals surface area (Å²) in [5, 5.41) is 10.2. The van der Waals surface area contributed by atoms with Gasteiger partial charge in [-0.15, -0.1) is 0 Å². The number of rotatable bonds is 2. The number of ether oxygens (including phenoxy) is 1. The highest BCUT2D eigenvalue weighted by Crippen LogP contribution is 2.23. The number of likely N-dealkylation sites (tertiary alicyclic amines) is 1. The number of hydrogen-bond acceptors (Lipinski definition) is 3. The normalized spacial score (nSPS) is 26.9. The first-order chi connectivity index (χ1) is 6.70. The minimum Gasteiger partial charge on any atom is -0.388 e. The number of aliphatic hydroxyl groups is 1. The van der Waals surface area contributed by atoms with Gasteiger partial charge in [0.15, 0.2) is 0 Å². The molecule has 2 rings (SSSR count). The predicted molar refractivity (Wildman–Crippen MR) is 50.8 cm³/mol. The summed E-state index contributed by atoms with van der Waals surface area (Å²) in [5.41, 5.74) is -0.696. The molecule has 2 heterocycles. The second-order valence-electron chi connectivity index (χ2n) is 4.26. The van der Waals surface area contributed by atoms with Crippen LogP contribution in [0.2, 0.25) is 0 Å². The zero-order valence-electron chi connectivity index (χ0n) is 8.37. The number of β-amino-alcohol motifs (C(OH)–C–C–N with tert-alkyl or cyclic N) is 1. The van der Waals surface area contributed by atoms with Crippen molar-refractivity contribution in [3.05, 3.63) is 0 Å². The minimum atomic E-state index is -0.696. The summed E-state index contributed by atoms with van der Waals surface area (Å²) in [4.78, 5) is 13.2. The van der Waals surface area contributed by atoms with Crippen molar-refractivity contribution < 1.29 is 14.6 Å². The van der Waals surface area contributed by atoms with Crippen LogP contribution in [0.4, 0.5) is 0 Å². The largest absolute Gasteiger partial charge is 0.388 e. The van der Waals surface area contributed by atoms with E-state index in [1.54, 1.807) is 4.90 Å². The van der Waals surface area contributed by atoms with Crippen LogP contribution in [0.3, 0.4) is 0 Å². The molecule has 0 unspecified atom stereocenters. The van der Waals surface area contributed by atoms with Gasteiger partial charge in [-0.3, -0.25) is 4.79 Å². The molecule has 0 aromatic heterocycles. The smallest absolute Gasteiger partial charge is 0.222 e. The van der Waals surface area contributed by atoms with Gasteiger partial charge in [-0.05, 0) is 6.42 Å². The summed E-state index contributed by atoms with van der Waals surface area (Å²) < 4.78 is 5.19. The summed E-state index contributed by atoms with van der Waals surface area (Å²) in [6.45, 7) is 2.52. The molecular weight excluding hydrogens is 182 g/mol. The van der Waals surface area contributed by atoms with Crippen LogP contribution < -0.4 is 0 Å². The molecule has 1 amide bonds. The number of carbonyl (C=O) groups excluding carboxylic acids is 1. The van der Waals surface area contributed by atoms with Gasteiger partial charge in [0.2, 0.25) is 5.91 Å². The summed E-state index contributed by atoms with van der Waals surface area (Å²) >= 11 is 0. The van der Waals surface area contributed by atoms with E-state index in [1.807, 2.05) is 0 Å². The van der Waals surface area contributed by atoms with Crippen LogP contribution in [0.15, 0.2) is 0 Å². The van der Waals surface area contributed by atoms with Crippen LogP contribution in [-0.2, 0) is 9.53 Å². The Kier molecular flexibility index (Phi) is 2.74. The third-order valence-corrected chi connectivity index (χ3v) is 3.08. The highest BCUT2D eigenvalue weighted by Gasteiger charge is 2.34. The van der Waals surface area contributed by atoms with Gasteiger partial charge < -0.3 is 14.7 Å². The second-order valence-corrected chi connectivity index (χ2v) is 4.26. The fourth-order valence-electron chi connectivity index (χ4n) is 2.14. The van der Waals surface area contributed by atoms with Crippen molar-refractivity contribution in [2.45, 2.75) is 31.3 Å². The lowest BCUT2D eigenvalue weighted by Gasteiger charge is -2.35. The molecule has 0 aromatic carbocycles. The molecule has 4 nitrogen and oxygen atoms in total. The summed E-state index contributed by atoms with van der Waals surface area (Å²) in [5.74, 6) is 0.185. The topological polar surface area (TPSA) is 49.8 Å². The number of carbonyl (C=O) groups is 1. The van der Waals surface area contributed by atoms with Gasteiger partial charge in [0.25, 0.3) is 0 Å². The fourth-order valence-corrected chi connectivity index (χ4v) is 2.14. The van der Waals surface area contributed by atoms with Crippen LogP contribution in [0.25, 0.3) is 0 Å². The number of nitrogens with zero attached hydrogens (tertiary/aromatic N) is 1. The first-order valence-electron chi connectivity index (χ1n) is 5.28. The van der Waals surface area contributed by atoms with Crippen molar-refractivity contribution in [1.82, 2.24) is 4.90 Å². The average Bonchev–Trinajstić information content (AvgIpc) is 2.52. The second kappa shape index (κ2) is 3.87. The van der Waals surface area contributed by atoms with E-state index in [9.17, 15) is 9.90 Å². The quantitative estimate of drug-likeness (QED) is 0.688. The Hall–Kier alpha value is -0.610. The monoisotopic (exact) mass is 199 g/mol. The van der Waals surface area contributed by atoms with Gasteiger partial charge in [-0.25, -0.2) is 0 Å². The van der Waals surface area contributed by atoms with E-state index in [-0.39, 0.29) is 5.91 Å². The molecule has 0 aliphatic carbocycles. The molecule has 0 radical (unpaired) electrons. The van der Waals surface area contributed by atoms with E-state index in [1.165, 1.54) is 0 Å². The molecular formula is C10H17NO3. The van der Waals surface area contributed by atoms with E-state index < -0.39 is 5.60 Å². The van der Waals surface area contributed by atoms with Gasteiger partial charge in [-0.1, -0.05) is 0 Å². The summed E-state index contributed by atoms with van der Waals surface area (Å²) in [6.07, 6.45) is 2.88. The zero-order chi connectivity index (χ0) is 10.0. The van der Waals surface area contributed by atoms with Crippen molar-refractivity contribution in [3.63, 3.8) is 0 Å². The molecule has 2 saturated heterocycles. The molecule has 0 saturated carbocycles. The van der Waals surface area contributed by atoms with Gasteiger partial charge in [-0.2, -0.15) is 0 Å². The molecule has 80 valence electrons. The average molecular weight is 199 g/mol. The Bertz CT molecular complexity index is 223. The SMILES string of the molecule is O=C1CCCN1CC1(O)CCOCC1. The molecule has 0 atom stereocenters. The van der Waals surface area contributed by atoms with Crippen LogP contribution in [0, 0.1) is 0 Å². The maximum atomic E-state index is 11.4. The molecule has 14 heavy (non-hydrogen) atoms. The van der Waals surface area contributed by atoms with E-state index in [0.717, 1.165) is 13.0 Å². The minimum absolute atomic E-state index is 0.185. The third kappa shape index (κ3) is 2.07. The van der Waals surface area contributed by atoms with E-state index >= 15 is 0 Å². The van der Waals surface area contributed by atoms with Gasteiger partial charge in [0.05, 0.1) is 5.60 Å². The lowest BCUT2D eigenvalue weighted by atomic mass is 9.94. The Balaban J connectivity index is 1.91. The predicted octanol–water partition coefficient (Wildman–Crippen LogP) is 0.150. The van der Waals surface area contributed by atoms with Crippen molar-refractivity contribution in [2.24, 2.45) is 0 Å². The summed E-state index contributed by atoms with van der Waals surface area (Å²) in [7, 11) is 0. The first-order valence-corrected chi connectivity index (χ1v) is 5.28. The lowest BCUT2D eigenvalue weighted by Crippen LogP contribution is -2.47. The van der Waals surface area contributed by atoms with Crippen LogP contribution in [-0.4, -0.2) is 47.8 Å². The van der Waals surface area contributed by atoms with E-state index in [0.29, 0.717) is 39.0 Å². The molecule has 1 N–H and O–H groups in total. The molecule has 4 heteroatoms. The lowest BCUT2D eigenvalue weighted by molar-refractivity contribution is -0.134. The fraction of sp³-hybridized carbons (Fsp3) is 0.900. The first kappa shape index (κ1) is 9.93. The van der Waals surface area contributed by atoms with Gasteiger partial charge in [0.1, 0.15) is 0 Å². The molecule has 0 spiro atoms. The third-order valence-electron chi connectivity index (χ3n) is 3.08. The number of amides is 1. The van der Waals surface area contributed by atoms with Crippen molar-refractivity contribution in [2.75, 3.05) is 26.3 Å². The van der Waals surface area contributed by atoms with E-state index in [2.05, 4.69) is 0 Å². The van der Waals surface area contributed by atoms with Gasteiger partial charge in [0, 0.05) is 45.6 Å². The van der Waals surface area contributed by atoms with Crippen LogP contribution in [0.1, 0.15) is 25.7 Å². The standard InChI is InChI=1S/C10H17NO3/c12-9-2-1-5-11(9)8-10(13)3-6-14-7-4-10/h13H,1-8H2. The summed E-state index contributed by atoms with van der Waals surface area (Å²) in [6, 6.07) is 0. The van der Waals surface area contributed by atoms with Crippen LogP contribution in [0.5, 0.6) is 0 Å². The molecule has 2 aliphatic rings. The molecule has 0 bridgehead atoms. The highest BCUT2D eigenvalue weighted by atomic mass is 16.5. The van der Waals surface area contributed by atoms with Gasteiger partial charge >= 0.3 is 0 Å². The molecule has 2 fully saturated rings. The molecule has 2 aliphatic heterocycles. The Morgan fingerprint density at radius 1 is 1.43 bits per heavy atom. The Morgan fingerprint density at radius 2 is 2.14 bits per heavy atom. The maximum absolute atomic E-state index is 11.4.